The molecule has 1 saturated carbocycles. The third kappa shape index (κ3) is 3.53. The molecule has 0 bridgehead atoms. The van der Waals surface area contributed by atoms with E-state index < -0.39 is 5.60 Å². The quantitative estimate of drug-likeness (QED) is 0.801. The van der Waals surface area contributed by atoms with Crippen LogP contribution in [0, 0.1) is 5.92 Å². The Balaban J connectivity index is 1.81. The number of nitrogens with zero attached hydrogens (tertiary/aromatic N) is 3. The number of aromatic nitrogens is 3. The van der Waals surface area contributed by atoms with Gasteiger partial charge >= 0.3 is 0 Å². The van der Waals surface area contributed by atoms with E-state index in [1.54, 1.807) is 6.33 Å². The van der Waals surface area contributed by atoms with Crippen molar-refractivity contribution in [1.29, 1.82) is 0 Å². The third-order valence-corrected chi connectivity index (χ3v) is 3.51. The number of hydrogen-bond donors (Lipinski definition) is 2. The second kappa shape index (κ2) is 5.80. The molecule has 5 nitrogen and oxygen atoms in total. The lowest BCUT2D eigenvalue weighted by Gasteiger charge is -2.22. The summed E-state index contributed by atoms with van der Waals surface area (Å²) in [5.41, 5.74) is -0.497. The monoisotopic (exact) mass is 252 g/mol. The first-order valence-electron chi connectivity index (χ1n) is 6.89. The highest BCUT2D eigenvalue weighted by Gasteiger charge is 2.30. The predicted molar refractivity (Wildman–Crippen MR) is 70.0 cm³/mol. The zero-order valence-electron chi connectivity index (χ0n) is 11.4. The summed E-state index contributed by atoms with van der Waals surface area (Å²) in [7, 11) is 0. The van der Waals surface area contributed by atoms with Crippen LogP contribution >= 0.6 is 0 Å². The van der Waals surface area contributed by atoms with Crippen molar-refractivity contribution in [2.45, 2.75) is 58.2 Å². The van der Waals surface area contributed by atoms with Gasteiger partial charge in [0, 0.05) is 13.1 Å². The van der Waals surface area contributed by atoms with Crippen molar-refractivity contribution < 1.29 is 5.11 Å². The molecule has 0 aliphatic heterocycles. The Labute approximate surface area is 109 Å². The zero-order valence-corrected chi connectivity index (χ0v) is 11.4. The fraction of sp³-hybridized carbons (Fsp3) is 0.846. The summed E-state index contributed by atoms with van der Waals surface area (Å²) in [6, 6.07) is 0. The molecule has 102 valence electrons. The van der Waals surface area contributed by atoms with Gasteiger partial charge in [-0.3, -0.25) is 0 Å². The molecule has 0 atom stereocenters. The summed E-state index contributed by atoms with van der Waals surface area (Å²) in [4.78, 5) is 4.26. The van der Waals surface area contributed by atoms with Crippen LogP contribution in [0.15, 0.2) is 6.33 Å². The van der Waals surface area contributed by atoms with E-state index in [2.05, 4.69) is 29.2 Å². The summed E-state index contributed by atoms with van der Waals surface area (Å²) < 4.78 is 1.94. The molecule has 0 saturated heterocycles. The van der Waals surface area contributed by atoms with Gasteiger partial charge in [-0.05, 0) is 18.8 Å². The van der Waals surface area contributed by atoms with Gasteiger partial charge in [-0.25, -0.2) is 9.67 Å². The van der Waals surface area contributed by atoms with E-state index in [4.69, 9.17) is 0 Å². The molecular formula is C13H24N4O. The molecule has 1 heterocycles. The minimum absolute atomic E-state index is 0.497. The summed E-state index contributed by atoms with van der Waals surface area (Å²) >= 11 is 0. The third-order valence-electron chi connectivity index (χ3n) is 3.51. The van der Waals surface area contributed by atoms with E-state index in [0.717, 1.165) is 38.1 Å². The maximum Gasteiger partial charge on any atom is 0.140 e. The molecule has 1 aromatic rings. The van der Waals surface area contributed by atoms with Gasteiger partial charge in [-0.15, -0.1) is 0 Å². The molecule has 1 aliphatic rings. The van der Waals surface area contributed by atoms with Gasteiger partial charge in [0.05, 0.1) is 12.1 Å². The van der Waals surface area contributed by atoms with Crippen LogP contribution in [0.3, 0.4) is 0 Å². The molecule has 1 aliphatic carbocycles. The highest BCUT2D eigenvalue weighted by Crippen LogP contribution is 2.28. The van der Waals surface area contributed by atoms with Crippen LogP contribution in [0.1, 0.15) is 45.4 Å². The second-order valence-electron chi connectivity index (χ2n) is 5.79. The first-order chi connectivity index (χ1) is 8.59. The molecule has 0 radical (unpaired) electrons. The van der Waals surface area contributed by atoms with Crippen molar-refractivity contribution in [3.63, 3.8) is 0 Å². The van der Waals surface area contributed by atoms with E-state index in [0.29, 0.717) is 19.0 Å². The number of rotatable bonds is 6. The first kappa shape index (κ1) is 13.5. The van der Waals surface area contributed by atoms with Gasteiger partial charge in [-0.1, -0.05) is 26.7 Å². The molecule has 5 heteroatoms. The lowest BCUT2D eigenvalue weighted by atomic mass is 10.0. The Kier molecular flexibility index (Phi) is 4.35. The Morgan fingerprint density at radius 3 is 2.83 bits per heavy atom. The maximum atomic E-state index is 10.2. The average molecular weight is 252 g/mol. The van der Waals surface area contributed by atoms with E-state index >= 15 is 0 Å². The van der Waals surface area contributed by atoms with Crippen LogP contribution in [0.2, 0.25) is 0 Å². The van der Waals surface area contributed by atoms with Gasteiger partial charge in [0.15, 0.2) is 0 Å². The molecule has 0 unspecified atom stereocenters. The van der Waals surface area contributed by atoms with Gasteiger partial charge in [0.25, 0.3) is 0 Å². The van der Waals surface area contributed by atoms with Gasteiger partial charge < -0.3 is 10.4 Å². The van der Waals surface area contributed by atoms with Crippen molar-refractivity contribution >= 4 is 0 Å². The van der Waals surface area contributed by atoms with Crippen molar-refractivity contribution in [2.75, 3.05) is 6.54 Å². The summed E-state index contributed by atoms with van der Waals surface area (Å²) in [6.07, 6.45) is 5.71. The molecule has 1 aromatic heterocycles. The van der Waals surface area contributed by atoms with Crippen molar-refractivity contribution in [1.82, 2.24) is 20.1 Å². The Morgan fingerprint density at radius 1 is 1.44 bits per heavy atom. The summed E-state index contributed by atoms with van der Waals surface area (Å²) in [5.74, 6) is 1.51. The standard InChI is InChI=1S/C13H24N4O/c1-11(2)8-17-12(15-10-16-17)7-14-9-13(18)5-3-4-6-13/h10-11,14,18H,3-9H2,1-2H3. The van der Waals surface area contributed by atoms with Gasteiger partial charge in [0.1, 0.15) is 12.2 Å². The molecular weight excluding hydrogens is 228 g/mol. The largest absolute Gasteiger partial charge is 0.389 e. The number of hydrogen-bond acceptors (Lipinski definition) is 4. The van der Waals surface area contributed by atoms with Crippen LogP contribution in [-0.4, -0.2) is 32.0 Å². The molecule has 0 aromatic carbocycles. The molecule has 0 spiro atoms. The zero-order chi connectivity index (χ0) is 13.0. The van der Waals surface area contributed by atoms with E-state index in [1.165, 1.54) is 0 Å². The van der Waals surface area contributed by atoms with E-state index in [9.17, 15) is 5.11 Å². The lowest BCUT2D eigenvalue weighted by Crippen LogP contribution is -2.38. The SMILES string of the molecule is CC(C)Cn1ncnc1CNCC1(O)CCCC1. The smallest absolute Gasteiger partial charge is 0.140 e. The van der Waals surface area contributed by atoms with Crippen LogP contribution < -0.4 is 5.32 Å². The summed E-state index contributed by atoms with van der Waals surface area (Å²) in [5, 5.41) is 17.8. The molecule has 2 N–H and O–H groups in total. The Hall–Kier alpha value is -0.940. The minimum Gasteiger partial charge on any atom is -0.389 e. The normalized spacial score (nSPS) is 18.7. The fourth-order valence-electron chi connectivity index (χ4n) is 2.54. The summed E-state index contributed by atoms with van der Waals surface area (Å²) in [6.45, 7) is 6.55. The second-order valence-corrected chi connectivity index (χ2v) is 5.79. The van der Waals surface area contributed by atoms with Crippen molar-refractivity contribution in [2.24, 2.45) is 5.92 Å². The highest BCUT2D eigenvalue weighted by molar-refractivity contribution is 4.89. The number of nitrogens with one attached hydrogen (secondary N) is 1. The van der Waals surface area contributed by atoms with Gasteiger partial charge in [-0.2, -0.15) is 5.10 Å². The van der Waals surface area contributed by atoms with Crippen LogP contribution in [0.5, 0.6) is 0 Å². The van der Waals surface area contributed by atoms with Gasteiger partial charge in [0.2, 0.25) is 0 Å². The lowest BCUT2D eigenvalue weighted by molar-refractivity contribution is 0.0472. The van der Waals surface area contributed by atoms with E-state index in [-0.39, 0.29) is 0 Å². The topological polar surface area (TPSA) is 63.0 Å². The molecule has 18 heavy (non-hydrogen) atoms. The highest BCUT2D eigenvalue weighted by atomic mass is 16.3. The average Bonchev–Trinajstić information content (AvgIpc) is 2.89. The first-order valence-corrected chi connectivity index (χ1v) is 6.89. The Bertz CT molecular complexity index is 369. The molecule has 0 amide bonds. The molecule has 1 fully saturated rings. The van der Waals surface area contributed by atoms with Crippen molar-refractivity contribution in [3.8, 4) is 0 Å². The maximum absolute atomic E-state index is 10.2. The van der Waals surface area contributed by atoms with E-state index in [1.807, 2.05) is 4.68 Å². The minimum atomic E-state index is -0.497. The van der Waals surface area contributed by atoms with Crippen molar-refractivity contribution in [3.05, 3.63) is 12.2 Å². The fourth-order valence-corrected chi connectivity index (χ4v) is 2.54. The van der Waals surface area contributed by atoms with Crippen LogP contribution in [0.4, 0.5) is 0 Å². The number of aliphatic hydroxyl groups is 1. The van der Waals surface area contributed by atoms with Crippen LogP contribution in [-0.2, 0) is 13.1 Å². The Morgan fingerprint density at radius 2 is 2.17 bits per heavy atom. The van der Waals surface area contributed by atoms with Crippen LogP contribution in [0.25, 0.3) is 0 Å². The molecule has 2 rings (SSSR count). The predicted octanol–water partition coefficient (Wildman–Crippen LogP) is 1.33.